The zero-order valence-electron chi connectivity index (χ0n) is 13.4. The monoisotopic (exact) mass is 338 g/mol. The van der Waals surface area contributed by atoms with Crippen molar-refractivity contribution < 1.29 is 9.47 Å². The lowest BCUT2D eigenvalue weighted by molar-refractivity contribution is 0.156. The molecule has 1 spiro atoms. The second-order valence-corrected chi connectivity index (χ2v) is 6.55. The number of aromatic nitrogens is 1. The zero-order valence-corrected chi connectivity index (χ0v) is 14.2. The van der Waals surface area contributed by atoms with Crippen LogP contribution in [0.1, 0.15) is 12.8 Å². The van der Waals surface area contributed by atoms with Crippen molar-refractivity contribution in [2.24, 2.45) is 10.4 Å². The van der Waals surface area contributed by atoms with Crippen LogP contribution in [-0.2, 0) is 4.74 Å². The molecule has 0 aromatic carbocycles. The first kappa shape index (κ1) is 16.3. The SMILES string of the molecule is CN=C(NCCOc1ccc(Cl)cn1)N1CCC2(CCOC2)C1. The molecule has 1 N–H and O–H groups in total. The third kappa shape index (κ3) is 4.06. The van der Waals surface area contributed by atoms with Gasteiger partial charge in [0, 0.05) is 44.4 Å². The molecule has 0 amide bonds. The Balaban J connectivity index is 1.42. The Kier molecular flexibility index (Phi) is 5.23. The normalized spacial score (nSPS) is 24.4. The van der Waals surface area contributed by atoms with Crippen molar-refractivity contribution in [3.05, 3.63) is 23.4 Å². The van der Waals surface area contributed by atoms with E-state index in [4.69, 9.17) is 21.1 Å². The van der Waals surface area contributed by atoms with Crippen molar-refractivity contribution in [3.63, 3.8) is 0 Å². The Bertz CT molecular complexity index is 544. The Morgan fingerprint density at radius 1 is 1.52 bits per heavy atom. The van der Waals surface area contributed by atoms with Crippen LogP contribution in [0.25, 0.3) is 0 Å². The van der Waals surface area contributed by atoms with Crippen LogP contribution in [0.4, 0.5) is 0 Å². The summed E-state index contributed by atoms with van der Waals surface area (Å²) in [5.74, 6) is 1.51. The van der Waals surface area contributed by atoms with Crippen LogP contribution in [0.15, 0.2) is 23.3 Å². The average molecular weight is 339 g/mol. The van der Waals surface area contributed by atoms with Crippen molar-refractivity contribution in [1.29, 1.82) is 0 Å². The number of likely N-dealkylation sites (tertiary alicyclic amines) is 1. The van der Waals surface area contributed by atoms with Gasteiger partial charge in [0.1, 0.15) is 6.61 Å². The lowest BCUT2D eigenvalue weighted by Gasteiger charge is -2.24. The number of pyridine rings is 1. The highest BCUT2D eigenvalue weighted by Gasteiger charge is 2.42. The average Bonchev–Trinajstić information content (AvgIpc) is 3.20. The number of rotatable bonds is 4. The molecule has 1 aromatic heterocycles. The molecule has 1 atom stereocenters. The van der Waals surface area contributed by atoms with E-state index >= 15 is 0 Å². The van der Waals surface area contributed by atoms with Gasteiger partial charge in [0.25, 0.3) is 0 Å². The Hall–Kier alpha value is -1.53. The van der Waals surface area contributed by atoms with Gasteiger partial charge in [-0.3, -0.25) is 4.99 Å². The van der Waals surface area contributed by atoms with Gasteiger partial charge in [-0.15, -0.1) is 0 Å². The van der Waals surface area contributed by atoms with E-state index in [0.29, 0.717) is 29.5 Å². The number of hydrogen-bond acceptors (Lipinski definition) is 4. The van der Waals surface area contributed by atoms with Crippen LogP contribution in [0.2, 0.25) is 5.02 Å². The zero-order chi connectivity index (χ0) is 16.1. The summed E-state index contributed by atoms with van der Waals surface area (Å²) < 4.78 is 11.2. The molecule has 2 saturated heterocycles. The van der Waals surface area contributed by atoms with Crippen molar-refractivity contribution >= 4 is 17.6 Å². The third-order valence-electron chi connectivity index (χ3n) is 4.47. The van der Waals surface area contributed by atoms with Crippen molar-refractivity contribution in [2.75, 3.05) is 46.5 Å². The Morgan fingerprint density at radius 2 is 2.43 bits per heavy atom. The van der Waals surface area contributed by atoms with E-state index < -0.39 is 0 Å². The van der Waals surface area contributed by atoms with Crippen LogP contribution < -0.4 is 10.1 Å². The van der Waals surface area contributed by atoms with Crippen molar-refractivity contribution in [1.82, 2.24) is 15.2 Å². The largest absolute Gasteiger partial charge is 0.476 e. The van der Waals surface area contributed by atoms with E-state index in [9.17, 15) is 0 Å². The first-order valence-corrected chi connectivity index (χ1v) is 8.36. The van der Waals surface area contributed by atoms with E-state index in [1.54, 1.807) is 18.3 Å². The Morgan fingerprint density at radius 3 is 3.13 bits per heavy atom. The van der Waals surface area contributed by atoms with Crippen LogP contribution in [0, 0.1) is 5.41 Å². The van der Waals surface area contributed by atoms with E-state index in [2.05, 4.69) is 20.2 Å². The van der Waals surface area contributed by atoms with Gasteiger partial charge in [0.15, 0.2) is 5.96 Å². The van der Waals surface area contributed by atoms with Gasteiger partial charge in [-0.2, -0.15) is 0 Å². The van der Waals surface area contributed by atoms with Crippen LogP contribution >= 0.6 is 11.6 Å². The Labute approximate surface area is 141 Å². The van der Waals surface area contributed by atoms with Crippen LogP contribution in [-0.4, -0.2) is 62.3 Å². The molecule has 3 heterocycles. The number of guanidine groups is 1. The van der Waals surface area contributed by atoms with Crippen molar-refractivity contribution in [2.45, 2.75) is 12.8 Å². The lowest BCUT2D eigenvalue weighted by atomic mass is 9.87. The summed E-state index contributed by atoms with van der Waals surface area (Å²) in [4.78, 5) is 10.8. The number of nitrogens with one attached hydrogen (secondary N) is 1. The second kappa shape index (κ2) is 7.36. The summed E-state index contributed by atoms with van der Waals surface area (Å²) in [7, 11) is 1.82. The van der Waals surface area contributed by atoms with E-state index in [1.165, 1.54) is 6.42 Å². The fraction of sp³-hybridized carbons (Fsp3) is 0.625. The number of aliphatic imine (C=N–C) groups is 1. The first-order chi connectivity index (χ1) is 11.2. The number of hydrogen-bond donors (Lipinski definition) is 1. The number of ether oxygens (including phenoxy) is 2. The molecule has 3 rings (SSSR count). The molecule has 2 fully saturated rings. The van der Waals surface area contributed by atoms with E-state index in [0.717, 1.165) is 38.7 Å². The van der Waals surface area contributed by atoms with Crippen molar-refractivity contribution in [3.8, 4) is 5.88 Å². The molecule has 2 aliphatic heterocycles. The maximum absolute atomic E-state index is 5.80. The fourth-order valence-corrected chi connectivity index (χ4v) is 3.30. The van der Waals surface area contributed by atoms with Crippen LogP contribution in [0.5, 0.6) is 5.88 Å². The predicted octanol–water partition coefficient (Wildman–Crippen LogP) is 1.80. The van der Waals surface area contributed by atoms with Gasteiger partial charge in [0.05, 0.1) is 18.2 Å². The number of nitrogens with zero attached hydrogens (tertiary/aromatic N) is 3. The highest BCUT2D eigenvalue weighted by molar-refractivity contribution is 6.30. The molecule has 6 nitrogen and oxygen atoms in total. The summed E-state index contributed by atoms with van der Waals surface area (Å²) in [5, 5.41) is 3.96. The highest BCUT2D eigenvalue weighted by atomic mass is 35.5. The molecule has 0 aliphatic carbocycles. The minimum absolute atomic E-state index is 0.335. The molecule has 0 bridgehead atoms. The third-order valence-corrected chi connectivity index (χ3v) is 4.69. The predicted molar refractivity (Wildman–Crippen MR) is 90.2 cm³/mol. The molecule has 126 valence electrons. The van der Waals surface area contributed by atoms with E-state index in [1.807, 2.05) is 7.05 Å². The molecular weight excluding hydrogens is 316 g/mol. The molecule has 1 aromatic rings. The van der Waals surface area contributed by atoms with Crippen LogP contribution in [0.3, 0.4) is 0 Å². The summed E-state index contributed by atoms with van der Waals surface area (Å²) in [6.07, 6.45) is 3.92. The summed E-state index contributed by atoms with van der Waals surface area (Å²) in [5.41, 5.74) is 0.335. The maximum atomic E-state index is 5.80. The lowest BCUT2D eigenvalue weighted by Crippen LogP contribution is -2.42. The first-order valence-electron chi connectivity index (χ1n) is 7.98. The summed E-state index contributed by atoms with van der Waals surface area (Å²) in [6, 6.07) is 3.53. The molecule has 0 saturated carbocycles. The van der Waals surface area contributed by atoms with Gasteiger partial charge in [0.2, 0.25) is 5.88 Å². The molecule has 2 aliphatic rings. The van der Waals surface area contributed by atoms with Gasteiger partial charge in [-0.1, -0.05) is 11.6 Å². The quantitative estimate of drug-likeness (QED) is 0.515. The smallest absolute Gasteiger partial charge is 0.213 e. The highest BCUT2D eigenvalue weighted by Crippen LogP contribution is 2.38. The fourth-order valence-electron chi connectivity index (χ4n) is 3.19. The van der Waals surface area contributed by atoms with Gasteiger partial charge < -0.3 is 19.7 Å². The summed E-state index contributed by atoms with van der Waals surface area (Å²) >= 11 is 5.80. The summed E-state index contributed by atoms with van der Waals surface area (Å²) in [6.45, 7) is 5.02. The molecule has 1 unspecified atom stereocenters. The molecular formula is C16H23ClN4O2. The molecule has 7 heteroatoms. The van der Waals surface area contributed by atoms with Gasteiger partial charge in [-0.25, -0.2) is 4.98 Å². The molecule has 0 radical (unpaired) electrons. The minimum Gasteiger partial charge on any atom is -0.476 e. The molecule has 23 heavy (non-hydrogen) atoms. The standard InChI is InChI=1S/C16H23ClN4O2/c1-18-15(21-7-4-16(11-21)5-8-22-12-16)19-6-9-23-14-3-2-13(17)10-20-14/h2-3,10H,4-9,11-12H2,1H3,(H,18,19). The van der Waals surface area contributed by atoms with Gasteiger partial charge in [-0.05, 0) is 18.9 Å². The van der Waals surface area contributed by atoms with Gasteiger partial charge >= 0.3 is 0 Å². The second-order valence-electron chi connectivity index (χ2n) is 6.11. The minimum atomic E-state index is 0.335. The number of halogens is 1. The topological polar surface area (TPSA) is 59.0 Å². The maximum Gasteiger partial charge on any atom is 0.213 e. The van der Waals surface area contributed by atoms with E-state index in [-0.39, 0.29) is 0 Å².